The number of hydrogen-bond donors (Lipinski definition) is 2. The van der Waals surface area contributed by atoms with Gasteiger partial charge in [-0.3, -0.25) is 9.59 Å². The molecule has 0 atom stereocenters. The Kier molecular flexibility index (Phi) is 7.74. The fourth-order valence-electron chi connectivity index (χ4n) is 3.69. The molecule has 0 radical (unpaired) electrons. The van der Waals surface area contributed by atoms with Crippen LogP contribution in [0.15, 0.2) is 48.5 Å². The fraction of sp³-hybridized carbons (Fsp3) is 0.320. The van der Waals surface area contributed by atoms with Crippen molar-refractivity contribution in [3.63, 3.8) is 0 Å². The smallest absolute Gasteiger partial charge is 0.242 e. The number of rotatable bonds is 10. The maximum absolute atomic E-state index is 12.8. The number of aromatic nitrogens is 2. The van der Waals surface area contributed by atoms with Crippen LogP contribution in [0, 0.1) is 0 Å². The van der Waals surface area contributed by atoms with Gasteiger partial charge in [-0.25, -0.2) is 4.68 Å². The first-order valence-corrected chi connectivity index (χ1v) is 12.3. The van der Waals surface area contributed by atoms with E-state index in [0.29, 0.717) is 19.0 Å². The summed E-state index contributed by atoms with van der Waals surface area (Å²) in [6.45, 7) is 2.97. The Morgan fingerprint density at radius 1 is 1.00 bits per heavy atom. The van der Waals surface area contributed by atoms with Gasteiger partial charge < -0.3 is 20.1 Å². The molecule has 0 fully saturated rings. The molecule has 34 heavy (non-hydrogen) atoms. The zero-order chi connectivity index (χ0) is 23.9. The Bertz CT molecular complexity index is 1140. The highest BCUT2D eigenvalue weighted by molar-refractivity contribution is 7.98. The third kappa shape index (κ3) is 5.91. The third-order valence-corrected chi connectivity index (χ3v) is 6.39. The van der Waals surface area contributed by atoms with Gasteiger partial charge in [-0.1, -0.05) is 24.3 Å². The molecule has 0 spiro atoms. The summed E-state index contributed by atoms with van der Waals surface area (Å²) < 4.78 is 12.2. The molecule has 9 heteroatoms. The molecule has 2 aromatic carbocycles. The van der Waals surface area contributed by atoms with Crippen LogP contribution >= 0.6 is 11.8 Å². The van der Waals surface area contributed by atoms with Crippen molar-refractivity contribution in [1.29, 1.82) is 0 Å². The number of carbonyl (C=O) groups is 2. The minimum absolute atomic E-state index is 0.0342. The van der Waals surface area contributed by atoms with Gasteiger partial charge in [0.2, 0.25) is 11.8 Å². The van der Waals surface area contributed by atoms with E-state index in [1.807, 2.05) is 55.5 Å². The highest BCUT2D eigenvalue weighted by Gasteiger charge is 2.25. The van der Waals surface area contributed by atoms with Crippen molar-refractivity contribution in [1.82, 2.24) is 15.1 Å². The van der Waals surface area contributed by atoms with E-state index in [1.54, 1.807) is 23.6 Å². The minimum atomic E-state index is -0.174. The summed E-state index contributed by atoms with van der Waals surface area (Å²) in [5.41, 5.74) is 3.77. The lowest BCUT2D eigenvalue weighted by atomic mass is 10.1. The lowest BCUT2D eigenvalue weighted by Gasteiger charge is -2.12. The first-order valence-electron chi connectivity index (χ1n) is 11.1. The molecule has 2 N–H and O–H groups in total. The first-order chi connectivity index (χ1) is 16.6. The van der Waals surface area contributed by atoms with Crippen LogP contribution in [0.4, 0.5) is 5.82 Å². The monoisotopic (exact) mass is 480 g/mol. The van der Waals surface area contributed by atoms with Crippen molar-refractivity contribution in [2.24, 2.45) is 0 Å². The van der Waals surface area contributed by atoms with E-state index in [9.17, 15) is 9.59 Å². The number of benzene rings is 2. The quantitative estimate of drug-likeness (QED) is 0.461. The summed E-state index contributed by atoms with van der Waals surface area (Å²) in [4.78, 5) is 25.4. The van der Waals surface area contributed by atoms with Gasteiger partial charge in [-0.05, 0) is 42.3 Å². The largest absolute Gasteiger partial charge is 0.497 e. The Labute approximate surface area is 203 Å². The van der Waals surface area contributed by atoms with E-state index in [0.717, 1.165) is 45.4 Å². The maximum Gasteiger partial charge on any atom is 0.242 e. The summed E-state index contributed by atoms with van der Waals surface area (Å²) in [5.74, 6) is 3.37. The van der Waals surface area contributed by atoms with Gasteiger partial charge >= 0.3 is 0 Å². The van der Waals surface area contributed by atoms with Crippen molar-refractivity contribution in [3.05, 3.63) is 70.9 Å². The molecule has 0 aliphatic carbocycles. The Balaban J connectivity index is 1.38. The van der Waals surface area contributed by atoms with E-state index in [2.05, 4.69) is 15.7 Å². The maximum atomic E-state index is 12.8. The molecule has 1 aliphatic heterocycles. The van der Waals surface area contributed by atoms with Crippen molar-refractivity contribution in [2.45, 2.75) is 37.9 Å². The van der Waals surface area contributed by atoms with E-state index >= 15 is 0 Å². The SMILES string of the molecule is CCOc1ccc(CC(=O)Nc2c3c(nn2CC(=O)NCc2ccc(OC)cc2)CSC3)cc1. The molecule has 0 bridgehead atoms. The van der Waals surface area contributed by atoms with Gasteiger partial charge in [-0.15, -0.1) is 0 Å². The zero-order valence-corrected chi connectivity index (χ0v) is 20.1. The van der Waals surface area contributed by atoms with Crippen LogP contribution < -0.4 is 20.1 Å². The van der Waals surface area contributed by atoms with Crippen LogP contribution in [0.3, 0.4) is 0 Å². The number of ether oxygens (including phenoxy) is 2. The van der Waals surface area contributed by atoms with Crippen LogP contribution in [-0.4, -0.2) is 35.3 Å². The number of fused-ring (bicyclic) bond motifs is 1. The van der Waals surface area contributed by atoms with Crippen LogP contribution in [0.2, 0.25) is 0 Å². The van der Waals surface area contributed by atoms with Crippen LogP contribution in [0.5, 0.6) is 11.5 Å². The first kappa shape index (κ1) is 23.7. The summed E-state index contributed by atoms with van der Waals surface area (Å²) in [5, 5.41) is 10.5. The second-order valence-electron chi connectivity index (χ2n) is 7.85. The molecular formula is C25H28N4O4S. The normalized spacial score (nSPS) is 12.2. The molecule has 0 saturated heterocycles. The minimum Gasteiger partial charge on any atom is -0.497 e. The Morgan fingerprint density at radius 2 is 1.71 bits per heavy atom. The van der Waals surface area contributed by atoms with Crippen LogP contribution in [0.25, 0.3) is 0 Å². The number of carbonyl (C=O) groups excluding carboxylic acids is 2. The van der Waals surface area contributed by atoms with Gasteiger partial charge in [-0.2, -0.15) is 16.9 Å². The summed E-state index contributed by atoms with van der Waals surface area (Å²) in [7, 11) is 1.62. The van der Waals surface area contributed by atoms with Gasteiger partial charge in [0.1, 0.15) is 23.9 Å². The summed E-state index contributed by atoms with van der Waals surface area (Å²) >= 11 is 1.75. The highest BCUT2D eigenvalue weighted by Crippen LogP contribution is 2.34. The van der Waals surface area contributed by atoms with Crippen molar-refractivity contribution < 1.29 is 19.1 Å². The number of amides is 2. The van der Waals surface area contributed by atoms with E-state index in [4.69, 9.17) is 9.47 Å². The molecule has 0 unspecified atom stereocenters. The van der Waals surface area contributed by atoms with Gasteiger partial charge in [0.25, 0.3) is 0 Å². The molecule has 8 nitrogen and oxygen atoms in total. The second-order valence-corrected chi connectivity index (χ2v) is 8.84. The van der Waals surface area contributed by atoms with Crippen LogP contribution in [-0.2, 0) is 40.6 Å². The van der Waals surface area contributed by atoms with Crippen LogP contribution in [0.1, 0.15) is 29.3 Å². The number of anilines is 1. The lowest BCUT2D eigenvalue weighted by molar-refractivity contribution is -0.122. The molecule has 2 amide bonds. The van der Waals surface area contributed by atoms with E-state index in [-0.39, 0.29) is 24.8 Å². The fourth-order valence-corrected chi connectivity index (χ4v) is 4.72. The van der Waals surface area contributed by atoms with Gasteiger partial charge in [0, 0.05) is 23.6 Å². The average molecular weight is 481 g/mol. The van der Waals surface area contributed by atoms with E-state index < -0.39 is 0 Å². The Hall–Kier alpha value is -3.46. The molecule has 178 valence electrons. The predicted molar refractivity (Wildman–Crippen MR) is 132 cm³/mol. The molecule has 0 saturated carbocycles. The number of hydrogen-bond acceptors (Lipinski definition) is 6. The third-order valence-electron chi connectivity index (χ3n) is 5.42. The van der Waals surface area contributed by atoms with Crippen molar-refractivity contribution in [3.8, 4) is 11.5 Å². The average Bonchev–Trinajstić information content (AvgIpc) is 3.42. The summed E-state index contributed by atoms with van der Waals surface area (Å²) in [6, 6.07) is 15.0. The molecule has 3 aromatic rings. The molecule has 2 heterocycles. The van der Waals surface area contributed by atoms with Crippen molar-refractivity contribution >= 4 is 29.4 Å². The number of methoxy groups -OCH3 is 1. The topological polar surface area (TPSA) is 94.5 Å². The molecule has 1 aliphatic rings. The Morgan fingerprint density at radius 3 is 2.41 bits per heavy atom. The van der Waals surface area contributed by atoms with Crippen molar-refractivity contribution in [2.75, 3.05) is 19.0 Å². The molecule has 1 aromatic heterocycles. The standard InChI is InChI=1S/C25H28N4O4S/c1-3-33-20-10-4-17(5-11-20)12-23(30)27-25-21-15-34-16-22(21)28-29(25)14-24(31)26-13-18-6-8-19(32-2)9-7-18/h4-11H,3,12-16H2,1-2H3,(H,26,31)(H,27,30). The van der Waals surface area contributed by atoms with Gasteiger partial charge in [0.15, 0.2) is 0 Å². The molecular weight excluding hydrogens is 452 g/mol. The molecule has 4 rings (SSSR count). The lowest BCUT2D eigenvalue weighted by Crippen LogP contribution is -2.29. The number of thioether (sulfide) groups is 1. The summed E-state index contributed by atoms with van der Waals surface area (Å²) in [6.07, 6.45) is 0.225. The van der Waals surface area contributed by atoms with Gasteiger partial charge in [0.05, 0.1) is 25.8 Å². The number of nitrogens with one attached hydrogen (secondary N) is 2. The number of nitrogens with zero attached hydrogens (tertiary/aromatic N) is 2. The zero-order valence-electron chi connectivity index (χ0n) is 19.3. The highest BCUT2D eigenvalue weighted by atomic mass is 32.2. The van der Waals surface area contributed by atoms with E-state index in [1.165, 1.54) is 0 Å². The predicted octanol–water partition coefficient (Wildman–Crippen LogP) is 3.53. The second kappa shape index (κ2) is 11.1.